The van der Waals surface area contributed by atoms with Gasteiger partial charge in [0.15, 0.2) is 17.5 Å². The fraction of sp³-hybridized carbons (Fsp3) is 0. The van der Waals surface area contributed by atoms with Crippen LogP contribution in [0.2, 0.25) is 0 Å². The summed E-state index contributed by atoms with van der Waals surface area (Å²) in [5.41, 5.74) is 8.87. The lowest BCUT2D eigenvalue weighted by molar-refractivity contribution is 1.08. The number of rotatable bonds is 5. The molecule has 11 aromatic rings. The van der Waals surface area contributed by atoms with E-state index in [4.69, 9.17) is 15.0 Å². The zero-order valence-corrected chi connectivity index (χ0v) is 29.8. The van der Waals surface area contributed by atoms with Gasteiger partial charge in [0.25, 0.3) is 0 Å². The van der Waals surface area contributed by atoms with Gasteiger partial charge in [0.05, 0.1) is 11.0 Å². The Labute approximate surface area is 315 Å². The quantitative estimate of drug-likeness (QED) is 0.179. The first kappa shape index (κ1) is 30.7. The number of nitrogens with zero attached hydrogens (tertiary/aromatic N) is 4. The minimum Gasteiger partial charge on any atom is -0.309 e. The Kier molecular flexibility index (Phi) is 7.00. The van der Waals surface area contributed by atoms with Crippen molar-refractivity contribution in [3.63, 3.8) is 0 Å². The van der Waals surface area contributed by atoms with E-state index in [1.807, 2.05) is 36.4 Å². The number of hydrogen-bond acceptors (Lipinski definition) is 4. The molecule has 0 spiro atoms. The summed E-state index contributed by atoms with van der Waals surface area (Å²) in [6, 6.07) is 64.5. The number of benzene rings is 8. The molecular weight excluding hydrogens is 677 g/mol. The smallest absolute Gasteiger partial charge is 0.165 e. The van der Waals surface area contributed by atoms with Crippen molar-refractivity contribution in [3.8, 4) is 51.0 Å². The number of hydrogen-bond donors (Lipinski definition) is 0. The summed E-state index contributed by atoms with van der Waals surface area (Å²) in [4.78, 5) is 15.1. The molecular formula is C49H30N4S. The molecule has 3 aromatic heterocycles. The van der Waals surface area contributed by atoms with Crippen molar-refractivity contribution in [2.75, 3.05) is 0 Å². The van der Waals surface area contributed by atoms with Crippen molar-refractivity contribution in [2.45, 2.75) is 0 Å². The molecule has 0 fully saturated rings. The van der Waals surface area contributed by atoms with Crippen LogP contribution >= 0.6 is 11.3 Å². The Morgan fingerprint density at radius 1 is 0.389 bits per heavy atom. The lowest BCUT2D eigenvalue weighted by atomic mass is 10.0. The van der Waals surface area contributed by atoms with Crippen molar-refractivity contribution < 1.29 is 0 Å². The second-order valence-corrected chi connectivity index (χ2v) is 14.7. The molecule has 54 heavy (non-hydrogen) atoms. The van der Waals surface area contributed by atoms with E-state index >= 15 is 0 Å². The topological polar surface area (TPSA) is 43.6 Å². The monoisotopic (exact) mass is 706 g/mol. The maximum atomic E-state index is 5.08. The Balaban J connectivity index is 1.12. The van der Waals surface area contributed by atoms with Crippen LogP contribution < -0.4 is 0 Å². The van der Waals surface area contributed by atoms with Gasteiger partial charge < -0.3 is 4.57 Å². The second kappa shape index (κ2) is 12.3. The number of thiophene rings is 1. The zero-order chi connectivity index (χ0) is 35.6. The average molecular weight is 707 g/mol. The molecule has 0 amide bonds. The van der Waals surface area contributed by atoms with Gasteiger partial charge in [-0.1, -0.05) is 146 Å². The third-order valence-electron chi connectivity index (χ3n) is 10.4. The summed E-state index contributed by atoms with van der Waals surface area (Å²) in [6.07, 6.45) is 0. The Morgan fingerprint density at radius 3 is 1.76 bits per heavy atom. The summed E-state index contributed by atoms with van der Waals surface area (Å²) in [5.74, 6) is 1.99. The Morgan fingerprint density at radius 2 is 1.02 bits per heavy atom. The highest BCUT2D eigenvalue weighted by molar-refractivity contribution is 7.26. The molecule has 252 valence electrons. The van der Waals surface area contributed by atoms with E-state index in [9.17, 15) is 0 Å². The van der Waals surface area contributed by atoms with Gasteiger partial charge in [0.2, 0.25) is 0 Å². The normalized spacial score (nSPS) is 11.7. The minimum atomic E-state index is 0.661. The van der Waals surface area contributed by atoms with Crippen LogP contribution in [0.25, 0.3) is 104 Å². The highest BCUT2D eigenvalue weighted by Gasteiger charge is 2.19. The summed E-state index contributed by atoms with van der Waals surface area (Å²) in [5, 5.41) is 7.45. The molecule has 0 aliphatic rings. The predicted molar refractivity (Wildman–Crippen MR) is 226 cm³/mol. The summed E-state index contributed by atoms with van der Waals surface area (Å²) in [6.45, 7) is 0. The fourth-order valence-electron chi connectivity index (χ4n) is 7.91. The van der Waals surface area contributed by atoms with Gasteiger partial charge >= 0.3 is 0 Å². The molecule has 0 N–H and O–H groups in total. The van der Waals surface area contributed by atoms with Gasteiger partial charge in [-0.2, -0.15) is 0 Å². The second-order valence-electron chi connectivity index (χ2n) is 13.6. The molecule has 3 heterocycles. The molecule has 8 aromatic carbocycles. The summed E-state index contributed by atoms with van der Waals surface area (Å²) >= 11 is 1.80. The highest BCUT2D eigenvalue weighted by atomic mass is 32.1. The molecule has 0 unspecified atom stereocenters. The van der Waals surface area contributed by atoms with E-state index in [2.05, 4.69) is 150 Å². The van der Waals surface area contributed by atoms with E-state index in [0.29, 0.717) is 17.5 Å². The lowest BCUT2D eigenvalue weighted by Crippen LogP contribution is -2.00. The third kappa shape index (κ3) is 4.94. The molecule has 0 saturated heterocycles. The van der Waals surface area contributed by atoms with Gasteiger partial charge in [-0.25, -0.2) is 15.0 Å². The summed E-state index contributed by atoms with van der Waals surface area (Å²) < 4.78 is 4.81. The third-order valence-corrected chi connectivity index (χ3v) is 11.6. The van der Waals surface area contributed by atoms with Crippen molar-refractivity contribution in [2.24, 2.45) is 0 Å². The van der Waals surface area contributed by atoms with Gasteiger partial charge in [-0.3, -0.25) is 0 Å². The number of fused-ring (bicyclic) bond motifs is 8. The lowest BCUT2D eigenvalue weighted by Gasteiger charge is -2.09. The minimum absolute atomic E-state index is 0.661. The van der Waals surface area contributed by atoms with Crippen LogP contribution in [0.4, 0.5) is 0 Å². The van der Waals surface area contributed by atoms with Crippen LogP contribution in [0, 0.1) is 0 Å². The first-order chi connectivity index (χ1) is 26.8. The van der Waals surface area contributed by atoms with E-state index in [-0.39, 0.29) is 0 Å². The molecule has 11 rings (SSSR count). The molecule has 0 bridgehead atoms. The Bertz CT molecular complexity index is 3140. The van der Waals surface area contributed by atoms with Gasteiger partial charge in [0, 0.05) is 53.3 Å². The fourth-order valence-corrected chi connectivity index (χ4v) is 9.15. The van der Waals surface area contributed by atoms with Crippen molar-refractivity contribution in [1.82, 2.24) is 19.5 Å². The maximum Gasteiger partial charge on any atom is 0.165 e. The molecule has 0 atom stereocenters. The van der Waals surface area contributed by atoms with Crippen LogP contribution in [0.3, 0.4) is 0 Å². The average Bonchev–Trinajstić information content (AvgIpc) is 3.79. The predicted octanol–water partition coefficient (Wildman–Crippen LogP) is 13.2. The van der Waals surface area contributed by atoms with E-state index in [1.54, 1.807) is 11.3 Å². The molecule has 0 saturated carbocycles. The molecule has 0 aliphatic carbocycles. The largest absolute Gasteiger partial charge is 0.309 e. The standard InChI is InChI=1S/C49H30N4S/c1-4-13-31(14-5-1)35-24-27-42-41(29-35)45-37-20-11-10-15-32(37)23-28-43(45)53(42)36-25-26-38-39-21-12-22-40(46(39)54-44(38)30-36)49-51-47(33-16-6-2-7-17-33)50-48(52-49)34-18-8-3-9-19-34/h1-30H. The highest BCUT2D eigenvalue weighted by Crippen LogP contribution is 2.43. The van der Waals surface area contributed by atoms with Crippen LogP contribution in [0.1, 0.15) is 0 Å². The van der Waals surface area contributed by atoms with Gasteiger partial charge in [-0.15, -0.1) is 11.3 Å². The number of aromatic nitrogens is 4. The van der Waals surface area contributed by atoms with Crippen LogP contribution in [0.15, 0.2) is 182 Å². The van der Waals surface area contributed by atoms with Crippen molar-refractivity contribution >= 4 is 64.1 Å². The van der Waals surface area contributed by atoms with E-state index < -0.39 is 0 Å². The summed E-state index contributed by atoms with van der Waals surface area (Å²) in [7, 11) is 0. The van der Waals surface area contributed by atoms with Crippen LogP contribution in [0.5, 0.6) is 0 Å². The molecule has 0 aliphatic heterocycles. The molecule has 4 nitrogen and oxygen atoms in total. The van der Waals surface area contributed by atoms with Gasteiger partial charge in [-0.05, 0) is 58.3 Å². The van der Waals surface area contributed by atoms with Crippen LogP contribution in [-0.4, -0.2) is 19.5 Å². The van der Waals surface area contributed by atoms with Crippen molar-refractivity contribution in [3.05, 3.63) is 182 Å². The van der Waals surface area contributed by atoms with Gasteiger partial charge in [0.1, 0.15) is 0 Å². The first-order valence-corrected chi connectivity index (χ1v) is 18.9. The maximum absolute atomic E-state index is 5.08. The van der Waals surface area contributed by atoms with Crippen molar-refractivity contribution in [1.29, 1.82) is 0 Å². The first-order valence-electron chi connectivity index (χ1n) is 18.1. The van der Waals surface area contributed by atoms with Crippen LogP contribution in [-0.2, 0) is 0 Å². The molecule has 0 radical (unpaired) electrons. The zero-order valence-electron chi connectivity index (χ0n) is 29.0. The SMILES string of the molecule is c1ccc(-c2ccc3c(c2)c2c4ccccc4ccc2n3-c2ccc3c(c2)sc2c(-c4nc(-c5ccccc5)nc(-c5ccccc5)n4)cccc23)cc1. The van der Waals surface area contributed by atoms with E-state index in [0.717, 1.165) is 27.1 Å². The molecule has 5 heteroatoms. The van der Waals surface area contributed by atoms with E-state index in [1.165, 1.54) is 59.2 Å². The Hall–Kier alpha value is -6.95.